The molecule has 6 heteroatoms. The van der Waals surface area contributed by atoms with E-state index in [1.165, 1.54) is 12.1 Å². The third-order valence-electron chi connectivity index (χ3n) is 4.60. The van der Waals surface area contributed by atoms with Gasteiger partial charge in [0.05, 0.1) is 28.0 Å². The quantitative estimate of drug-likeness (QED) is 0.832. The van der Waals surface area contributed by atoms with Crippen LogP contribution in [0.25, 0.3) is 0 Å². The number of pyridine rings is 1. The lowest BCUT2D eigenvalue weighted by Gasteiger charge is -2.32. The Morgan fingerprint density at radius 3 is 2.20 bits per heavy atom. The van der Waals surface area contributed by atoms with Crippen LogP contribution >= 0.6 is 0 Å². The van der Waals surface area contributed by atoms with Crippen LogP contribution in [-0.4, -0.2) is 23.3 Å². The van der Waals surface area contributed by atoms with Gasteiger partial charge in [0.25, 0.3) is 0 Å². The number of rotatable bonds is 2. The molecular formula is C14H20BFN2O2. The van der Waals surface area contributed by atoms with Crippen LogP contribution in [0.5, 0.6) is 0 Å². The van der Waals surface area contributed by atoms with Gasteiger partial charge in [-0.1, -0.05) is 0 Å². The largest absolute Gasteiger partial charge is 0.514 e. The average Bonchev–Trinajstić information content (AvgIpc) is 3.01. The molecular weight excluding hydrogens is 258 g/mol. The molecule has 1 aromatic rings. The Hall–Kier alpha value is -0.975. The maximum atomic E-state index is 13.8. The summed E-state index contributed by atoms with van der Waals surface area (Å²) >= 11 is 0. The first-order chi connectivity index (χ1) is 9.13. The number of hydrogen-bond acceptors (Lipinski definition) is 4. The van der Waals surface area contributed by atoms with E-state index in [9.17, 15) is 4.39 Å². The molecule has 0 aromatic carbocycles. The Kier molecular flexibility index (Phi) is 2.81. The molecule has 0 unspecified atom stereocenters. The maximum absolute atomic E-state index is 13.8. The molecule has 2 heterocycles. The minimum Gasteiger partial charge on any atom is -0.398 e. The van der Waals surface area contributed by atoms with Gasteiger partial charge in [0.15, 0.2) is 0 Å². The highest BCUT2D eigenvalue weighted by Crippen LogP contribution is 2.42. The third kappa shape index (κ3) is 2.16. The van der Waals surface area contributed by atoms with Gasteiger partial charge in [-0.15, -0.1) is 0 Å². The highest BCUT2D eigenvalue weighted by Gasteiger charge is 2.53. The first-order valence-electron chi connectivity index (χ1n) is 6.96. The summed E-state index contributed by atoms with van der Waals surface area (Å²) in [6, 6.07) is 2.76. The highest BCUT2D eigenvalue weighted by atomic mass is 19.1. The normalized spacial score (nSPS) is 25.8. The standard InChI is InChI=1S/C14H20BFN2O2/c1-12(2)13(3,4)20-15(19-12)11-8-9(16)7-10(18-11)14(17)5-6-14/h7-8H,5-6,17H2,1-4H3. The van der Waals surface area contributed by atoms with E-state index >= 15 is 0 Å². The van der Waals surface area contributed by atoms with Crippen LogP contribution in [0.4, 0.5) is 4.39 Å². The number of nitrogens with zero attached hydrogens (tertiary/aromatic N) is 1. The summed E-state index contributed by atoms with van der Waals surface area (Å²) in [5.41, 5.74) is 5.73. The lowest BCUT2D eigenvalue weighted by molar-refractivity contribution is 0.00578. The van der Waals surface area contributed by atoms with Crippen molar-refractivity contribution in [3.63, 3.8) is 0 Å². The summed E-state index contributed by atoms with van der Waals surface area (Å²) in [5, 5.41) is 0. The second-order valence-electron chi connectivity index (χ2n) is 6.84. The van der Waals surface area contributed by atoms with Gasteiger partial charge in [-0.05, 0) is 52.7 Å². The molecule has 3 rings (SSSR count). The van der Waals surface area contributed by atoms with Gasteiger partial charge >= 0.3 is 7.12 Å². The predicted octanol–water partition coefficient (Wildman–Crippen LogP) is 1.47. The van der Waals surface area contributed by atoms with E-state index in [1.807, 2.05) is 27.7 Å². The fraction of sp³-hybridized carbons (Fsp3) is 0.643. The molecule has 1 aliphatic heterocycles. The molecule has 1 aromatic heterocycles. The Bertz CT molecular complexity index is 542. The predicted molar refractivity (Wildman–Crippen MR) is 75.0 cm³/mol. The van der Waals surface area contributed by atoms with Gasteiger partial charge < -0.3 is 15.0 Å². The van der Waals surface area contributed by atoms with E-state index in [1.54, 1.807) is 0 Å². The summed E-state index contributed by atoms with van der Waals surface area (Å²) in [6.07, 6.45) is 1.68. The lowest BCUT2D eigenvalue weighted by Crippen LogP contribution is -2.41. The number of hydrogen-bond donors (Lipinski definition) is 1. The second kappa shape index (κ2) is 4.03. The number of halogens is 1. The van der Waals surface area contributed by atoms with Crippen molar-refractivity contribution in [3.05, 3.63) is 23.6 Å². The fourth-order valence-corrected chi connectivity index (χ4v) is 2.25. The van der Waals surface area contributed by atoms with E-state index < -0.39 is 23.9 Å². The van der Waals surface area contributed by atoms with Crippen LogP contribution in [0.15, 0.2) is 12.1 Å². The molecule has 108 valence electrons. The van der Waals surface area contributed by atoms with Crippen molar-refractivity contribution in [2.45, 2.75) is 57.3 Å². The summed E-state index contributed by atoms with van der Waals surface area (Å²) in [4.78, 5) is 4.47. The molecule has 0 spiro atoms. The minimum atomic E-state index is -0.656. The topological polar surface area (TPSA) is 57.4 Å². The summed E-state index contributed by atoms with van der Waals surface area (Å²) < 4.78 is 25.6. The molecule has 1 aliphatic carbocycles. The summed E-state index contributed by atoms with van der Waals surface area (Å²) in [5.74, 6) is -0.351. The van der Waals surface area contributed by atoms with Crippen molar-refractivity contribution in [1.29, 1.82) is 0 Å². The van der Waals surface area contributed by atoms with Gasteiger partial charge in [-0.25, -0.2) is 4.39 Å². The zero-order valence-electron chi connectivity index (χ0n) is 12.4. The van der Waals surface area contributed by atoms with Crippen LogP contribution in [0.1, 0.15) is 46.2 Å². The van der Waals surface area contributed by atoms with Crippen LogP contribution in [-0.2, 0) is 14.8 Å². The first kappa shape index (κ1) is 14.0. The van der Waals surface area contributed by atoms with Crippen LogP contribution in [0.2, 0.25) is 0 Å². The van der Waals surface area contributed by atoms with Crippen molar-refractivity contribution >= 4 is 12.7 Å². The number of aromatic nitrogens is 1. The molecule has 1 saturated heterocycles. The third-order valence-corrected chi connectivity index (χ3v) is 4.60. The Labute approximate surface area is 119 Å². The SMILES string of the molecule is CC1(C)OB(c2cc(F)cc(C3(N)CC3)n2)OC1(C)C. The Morgan fingerprint density at radius 1 is 1.15 bits per heavy atom. The van der Waals surface area contributed by atoms with Crippen LogP contribution in [0.3, 0.4) is 0 Å². The molecule has 0 amide bonds. The Balaban J connectivity index is 1.94. The van der Waals surface area contributed by atoms with Crippen molar-refractivity contribution in [2.24, 2.45) is 5.73 Å². The van der Waals surface area contributed by atoms with E-state index in [0.717, 1.165) is 12.8 Å². The van der Waals surface area contributed by atoms with E-state index in [4.69, 9.17) is 15.0 Å². The molecule has 0 atom stereocenters. The zero-order chi connectivity index (χ0) is 14.8. The maximum Gasteiger partial charge on any atom is 0.514 e. The molecule has 2 aliphatic rings. The monoisotopic (exact) mass is 278 g/mol. The van der Waals surface area contributed by atoms with Crippen molar-refractivity contribution in [1.82, 2.24) is 4.98 Å². The highest BCUT2D eigenvalue weighted by molar-refractivity contribution is 6.61. The molecule has 20 heavy (non-hydrogen) atoms. The van der Waals surface area contributed by atoms with Gasteiger partial charge in [-0.2, -0.15) is 0 Å². The van der Waals surface area contributed by atoms with Crippen molar-refractivity contribution < 1.29 is 13.7 Å². The molecule has 2 N–H and O–H groups in total. The van der Waals surface area contributed by atoms with Gasteiger partial charge in [0.1, 0.15) is 5.82 Å². The Morgan fingerprint density at radius 2 is 1.70 bits per heavy atom. The summed E-state index contributed by atoms with van der Waals surface area (Å²) in [6.45, 7) is 7.83. The van der Waals surface area contributed by atoms with Crippen LogP contribution in [0, 0.1) is 5.82 Å². The molecule has 0 radical (unpaired) electrons. The second-order valence-corrected chi connectivity index (χ2v) is 6.84. The number of nitrogens with two attached hydrogens (primary N) is 1. The minimum absolute atomic E-state index is 0.351. The van der Waals surface area contributed by atoms with Crippen molar-refractivity contribution in [2.75, 3.05) is 0 Å². The van der Waals surface area contributed by atoms with E-state index in [0.29, 0.717) is 11.3 Å². The van der Waals surface area contributed by atoms with Gasteiger partial charge in [0.2, 0.25) is 0 Å². The van der Waals surface area contributed by atoms with E-state index in [-0.39, 0.29) is 5.82 Å². The lowest BCUT2D eigenvalue weighted by atomic mass is 9.83. The van der Waals surface area contributed by atoms with Gasteiger partial charge in [-0.3, -0.25) is 4.98 Å². The molecule has 0 bridgehead atoms. The van der Waals surface area contributed by atoms with Crippen molar-refractivity contribution in [3.8, 4) is 0 Å². The smallest absolute Gasteiger partial charge is 0.398 e. The van der Waals surface area contributed by atoms with E-state index in [2.05, 4.69) is 4.98 Å². The molecule has 4 nitrogen and oxygen atoms in total. The molecule has 1 saturated carbocycles. The first-order valence-corrected chi connectivity index (χ1v) is 6.96. The molecule has 2 fully saturated rings. The fourth-order valence-electron chi connectivity index (χ4n) is 2.25. The average molecular weight is 278 g/mol. The zero-order valence-corrected chi connectivity index (χ0v) is 12.4. The summed E-state index contributed by atoms with van der Waals surface area (Å²) in [7, 11) is -0.656. The van der Waals surface area contributed by atoms with Crippen LogP contribution < -0.4 is 11.3 Å². The van der Waals surface area contributed by atoms with Gasteiger partial charge in [0, 0.05) is 0 Å².